The van der Waals surface area contributed by atoms with Crippen LogP contribution in [0, 0.1) is 0 Å². The molecule has 140 valence electrons. The molecular weight excluding hydrogens is 390 g/mol. The minimum Gasteiger partial charge on any atom is -0.204 e. The Morgan fingerprint density at radius 1 is 0.435 bits per heavy atom. The molecule has 0 fully saturated rings. The highest BCUT2D eigenvalue weighted by atomic mass is 28.3. The lowest BCUT2D eigenvalue weighted by molar-refractivity contribution is -0.351. The molecule has 0 amide bonds. The number of hydrogen-bond acceptors (Lipinski definition) is 0. The lowest BCUT2D eigenvalue weighted by atomic mass is 10.3. The molecule has 0 heterocycles. The van der Waals surface area contributed by atoms with Gasteiger partial charge in [0.05, 0.1) is 0 Å². The second-order valence-electron chi connectivity index (χ2n) is 4.92. The molecule has 0 aliphatic heterocycles. The van der Waals surface area contributed by atoms with Crippen molar-refractivity contribution in [1.82, 2.24) is 0 Å². The van der Waals surface area contributed by atoms with Crippen LogP contribution < -0.4 is 0 Å². The molecule has 0 spiro atoms. The molecule has 0 aromatic heterocycles. The number of hydrogen-bond donors (Lipinski definition) is 0. The van der Waals surface area contributed by atoms with E-state index in [1.807, 2.05) is 0 Å². The molecule has 0 bridgehead atoms. The third-order valence-electron chi connectivity index (χ3n) is 3.07. The molecule has 0 aromatic rings. The zero-order valence-corrected chi connectivity index (χ0v) is 11.8. The van der Waals surface area contributed by atoms with Crippen LogP contribution >= 0.6 is 0 Å². The van der Waals surface area contributed by atoms with Gasteiger partial charge < -0.3 is 0 Å². The fourth-order valence-corrected chi connectivity index (χ4v) is 3.59. The van der Waals surface area contributed by atoms with Crippen LogP contribution in [0.1, 0.15) is 0 Å². The fraction of sp³-hybridized carbons (Fsp3) is 1.00. The van der Waals surface area contributed by atoms with Gasteiger partial charge in [0, 0.05) is 0 Å². The lowest BCUT2D eigenvalue weighted by Crippen LogP contribution is -2.76. The van der Waals surface area contributed by atoms with Crippen molar-refractivity contribution < 1.29 is 61.5 Å². The van der Waals surface area contributed by atoms with Crippen molar-refractivity contribution in [2.24, 2.45) is 0 Å². The van der Waals surface area contributed by atoms with Crippen molar-refractivity contribution in [3.05, 3.63) is 0 Å². The van der Waals surface area contributed by atoms with Gasteiger partial charge in [-0.1, -0.05) is 13.1 Å². The Bertz CT molecular complexity index is 401. The van der Waals surface area contributed by atoms with E-state index in [2.05, 4.69) is 0 Å². The third kappa shape index (κ3) is 2.77. The summed E-state index contributed by atoms with van der Waals surface area (Å²) in [5.41, 5.74) is -13.7. The second-order valence-corrected chi connectivity index (χ2v) is 9.42. The minimum atomic E-state index is -7.26. The lowest BCUT2D eigenvalue weighted by Gasteiger charge is -2.44. The van der Waals surface area contributed by atoms with Crippen LogP contribution in [-0.2, 0) is 0 Å². The van der Waals surface area contributed by atoms with Crippen molar-refractivity contribution >= 4 is 8.07 Å². The molecule has 15 heteroatoms. The van der Waals surface area contributed by atoms with E-state index >= 15 is 0 Å². The summed E-state index contributed by atoms with van der Waals surface area (Å²) in [5, 5.41) is 0. The predicted octanol–water partition coefficient (Wildman–Crippen LogP) is 5.44. The third-order valence-corrected chi connectivity index (χ3v) is 6.84. The molecule has 0 saturated heterocycles. The Hall–Kier alpha value is -0.763. The summed E-state index contributed by atoms with van der Waals surface area (Å²) >= 11 is 0. The minimum absolute atomic E-state index is 0.813. The summed E-state index contributed by atoms with van der Waals surface area (Å²) in [4.78, 5) is 0. The van der Waals surface area contributed by atoms with Crippen LogP contribution in [0.2, 0.25) is 13.1 Å². The summed E-state index contributed by atoms with van der Waals surface area (Å²) in [7, 11) is -7.26. The average molecular weight is 396 g/mol. The van der Waals surface area contributed by atoms with Crippen molar-refractivity contribution in [2.75, 3.05) is 0 Å². The number of rotatable bonds is 4. The molecule has 0 rings (SSSR count). The zero-order valence-electron chi connectivity index (χ0n) is 10.8. The maximum atomic E-state index is 13.3. The van der Waals surface area contributed by atoms with Crippen LogP contribution in [0.25, 0.3) is 0 Å². The highest BCUT2D eigenvalue weighted by Gasteiger charge is 2.88. The van der Waals surface area contributed by atoms with E-state index in [1.165, 1.54) is 0 Å². The van der Waals surface area contributed by atoms with Crippen molar-refractivity contribution in [2.45, 2.75) is 48.4 Å². The van der Waals surface area contributed by atoms with Gasteiger partial charge in [-0.05, 0) is 0 Å². The van der Waals surface area contributed by atoms with E-state index < -0.39 is 56.5 Å². The first-order valence-electron chi connectivity index (χ1n) is 5.15. The Balaban J connectivity index is 6.37. The molecule has 0 unspecified atom stereocenters. The first kappa shape index (κ1) is 22.2. The molecule has 0 atom stereocenters. The van der Waals surface area contributed by atoms with Gasteiger partial charge in [-0.15, -0.1) is 0 Å². The van der Waals surface area contributed by atoms with Crippen molar-refractivity contribution in [3.63, 3.8) is 0 Å². The van der Waals surface area contributed by atoms with E-state index in [-0.39, 0.29) is 0 Å². The van der Waals surface area contributed by atoms with Crippen LogP contribution in [0.3, 0.4) is 0 Å². The van der Waals surface area contributed by atoms with Gasteiger partial charge >= 0.3 is 35.3 Å². The zero-order chi connectivity index (χ0) is 19.5. The topological polar surface area (TPSA) is 0 Å². The predicted molar refractivity (Wildman–Crippen MR) is 49.4 cm³/mol. The van der Waals surface area contributed by atoms with Gasteiger partial charge in [0.1, 0.15) is 0 Å². The highest BCUT2D eigenvalue weighted by Crippen LogP contribution is 2.59. The van der Waals surface area contributed by atoms with Gasteiger partial charge in [-0.25, -0.2) is 17.6 Å². The van der Waals surface area contributed by atoms with Gasteiger partial charge in [-0.2, -0.15) is 43.9 Å². The Morgan fingerprint density at radius 2 is 0.609 bits per heavy atom. The Labute approximate surface area is 119 Å². The fourth-order valence-electron chi connectivity index (χ4n) is 1.34. The van der Waals surface area contributed by atoms with Crippen molar-refractivity contribution in [1.29, 1.82) is 0 Å². The molecule has 0 aliphatic carbocycles. The van der Waals surface area contributed by atoms with Crippen LogP contribution in [0.4, 0.5) is 61.5 Å². The molecule has 0 aromatic carbocycles. The molecule has 0 saturated carbocycles. The maximum Gasteiger partial charge on any atom is 0.459 e. The quantitative estimate of drug-likeness (QED) is 0.439. The summed E-state index contributed by atoms with van der Waals surface area (Å²) in [5.74, 6) is -14.5. The standard InChI is InChI=1S/C8H6F14Si/c1-23(2,7(19,20)3(9,10)5(13,14)15)8(21,22)4(11,12)6(16,17)18/h1-2H3. The molecule has 23 heavy (non-hydrogen) atoms. The normalized spacial score (nSPS) is 16.7. The second kappa shape index (κ2) is 5.11. The van der Waals surface area contributed by atoms with Gasteiger partial charge in [0.2, 0.25) is 8.07 Å². The summed E-state index contributed by atoms with van der Waals surface area (Å²) in [6.07, 6.45) is -14.3. The van der Waals surface area contributed by atoms with Gasteiger partial charge in [0.25, 0.3) is 0 Å². The molecule has 0 aliphatic rings. The summed E-state index contributed by atoms with van der Waals surface area (Å²) in [6.45, 7) is -1.63. The Kier molecular flexibility index (Phi) is 4.94. The Morgan fingerprint density at radius 3 is 0.739 bits per heavy atom. The maximum absolute atomic E-state index is 13.3. The van der Waals surface area contributed by atoms with E-state index in [9.17, 15) is 61.5 Å². The highest BCUT2D eigenvalue weighted by molar-refractivity contribution is 6.82. The first-order valence-corrected chi connectivity index (χ1v) is 8.15. The van der Waals surface area contributed by atoms with Crippen LogP contribution in [0.5, 0.6) is 0 Å². The molecular formula is C8H6F14Si. The van der Waals surface area contributed by atoms with Gasteiger partial charge in [-0.3, -0.25) is 0 Å². The van der Waals surface area contributed by atoms with Crippen LogP contribution in [-0.4, -0.2) is 43.4 Å². The molecule has 0 radical (unpaired) electrons. The molecule has 0 N–H and O–H groups in total. The van der Waals surface area contributed by atoms with E-state index in [0.29, 0.717) is 0 Å². The molecule has 0 nitrogen and oxygen atoms in total. The number of alkyl halides is 14. The number of halogens is 14. The SMILES string of the molecule is C[Si](C)(C(F)(F)C(F)(F)C(F)(F)F)C(F)(F)C(F)(F)C(F)(F)F. The monoisotopic (exact) mass is 396 g/mol. The smallest absolute Gasteiger partial charge is 0.204 e. The first-order chi connectivity index (χ1) is 9.50. The summed E-state index contributed by atoms with van der Waals surface area (Å²) in [6, 6.07) is 0. The summed E-state index contributed by atoms with van der Waals surface area (Å²) < 4.78 is 176. The van der Waals surface area contributed by atoms with Crippen LogP contribution in [0.15, 0.2) is 0 Å². The average Bonchev–Trinajstić information content (AvgIpc) is 2.24. The van der Waals surface area contributed by atoms with E-state index in [4.69, 9.17) is 0 Å². The van der Waals surface area contributed by atoms with E-state index in [1.54, 1.807) is 0 Å². The van der Waals surface area contributed by atoms with E-state index in [0.717, 1.165) is 0 Å². The van der Waals surface area contributed by atoms with Crippen molar-refractivity contribution in [3.8, 4) is 0 Å². The van der Waals surface area contributed by atoms with Gasteiger partial charge in [0.15, 0.2) is 0 Å². The largest absolute Gasteiger partial charge is 0.459 e.